The van der Waals surface area contributed by atoms with Crippen LogP contribution in [0.1, 0.15) is 42.5 Å². The predicted octanol–water partition coefficient (Wildman–Crippen LogP) is 2.16. The summed E-state index contributed by atoms with van der Waals surface area (Å²) in [6.07, 6.45) is 1.50. The highest BCUT2D eigenvalue weighted by molar-refractivity contribution is 6.30. The zero-order valence-corrected chi connectivity index (χ0v) is 17.2. The normalized spacial score (nSPS) is 11.4. The average molecular weight is 378 g/mol. The fraction of sp³-hybridized carbons (Fsp3) is 0.500. The van der Waals surface area contributed by atoms with Crippen LogP contribution in [0.4, 0.5) is 0 Å². The van der Waals surface area contributed by atoms with Crippen LogP contribution in [0, 0.1) is 5.92 Å². The number of hydrogen-bond donors (Lipinski definition) is 2. The summed E-state index contributed by atoms with van der Waals surface area (Å²) in [5.74, 6) is 0.394. The molecule has 0 radical (unpaired) electrons. The first-order chi connectivity index (χ1) is 12.3. The fourth-order valence-corrected chi connectivity index (χ4v) is 3.06. The summed E-state index contributed by atoms with van der Waals surface area (Å²) in [6.45, 7) is 7.88. The molecule has 0 saturated heterocycles. The SMILES string of the molecule is CCc1c(C(=O)NCC[NH+](C)C)c(CC(C)C)nn1-c1ccc(Cl)cc1. The summed E-state index contributed by atoms with van der Waals surface area (Å²) in [6, 6.07) is 7.56. The van der Waals surface area contributed by atoms with Gasteiger partial charge in [0.1, 0.15) is 0 Å². The summed E-state index contributed by atoms with van der Waals surface area (Å²) in [5, 5.41) is 8.54. The number of likely N-dealkylation sites (N-methyl/N-ethyl adjacent to an activating group) is 1. The number of benzene rings is 1. The smallest absolute Gasteiger partial charge is 0.255 e. The Kier molecular flexibility index (Phi) is 7.23. The van der Waals surface area contributed by atoms with E-state index >= 15 is 0 Å². The van der Waals surface area contributed by atoms with Crippen LogP contribution in [0.5, 0.6) is 0 Å². The van der Waals surface area contributed by atoms with Crippen LogP contribution in [0.2, 0.25) is 5.02 Å². The summed E-state index contributed by atoms with van der Waals surface area (Å²) in [7, 11) is 4.15. The molecule has 0 aliphatic carbocycles. The molecule has 1 amide bonds. The minimum Gasteiger partial charge on any atom is -0.346 e. The number of amides is 1. The standard InChI is InChI=1S/C20H29ClN4O/c1-6-18-19(20(26)22-11-12-24(4)5)17(13-14(2)3)23-25(18)16-9-7-15(21)8-10-16/h7-10,14H,6,11-13H2,1-5H3,(H,22,26)/p+1. The Morgan fingerprint density at radius 1 is 1.27 bits per heavy atom. The van der Waals surface area contributed by atoms with Crippen LogP contribution in [0.25, 0.3) is 5.69 Å². The number of aromatic nitrogens is 2. The van der Waals surface area contributed by atoms with Crippen molar-refractivity contribution in [3.8, 4) is 5.69 Å². The second kappa shape index (κ2) is 9.19. The molecule has 0 atom stereocenters. The lowest BCUT2D eigenvalue weighted by atomic mass is 10.0. The third-order valence-electron chi connectivity index (χ3n) is 4.20. The van der Waals surface area contributed by atoms with Crippen molar-refractivity contribution in [2.75, 3.05) is 27.2 Å². The van der Waals surface area contributed by atoms with E-state index < -0.39 is 0 Å². The molecule has 0 saturated carbocycles. The topological polar surface area (TPSA) is 51.4 Å². The molecule has 5 nitrogen and oxygen atoms in total. The molecule has 2 rings (SSSR count). The number of hydrogen-bond acceptors (Lipinski definition) is 2. The van der Waals surface area contributed by atoms with Gasteiger partial charge in [-0.25, -0.2) is 4.68 Å². The number of carbonyl (C=O) groups excluding carboxylic acids is 1. The number of quaternary nitrogens is 1. The molecule has 142 valence electrons. The maximum atomic E-state index is 12.9. The molecule has 0 fully saturated rings. The van der Waals surface area contributed by atoms with Gasteiger partial charge in [0.15, 0.2) is 0 Å². The van der Waals surface area contributed by atoms with Gasteiger partial charge in [-0.3, -0.25) is 4.79 Å². The molecule has 1 aromatic heterocycles. The first kappa shape index (κ1) is 20.5. The van der Waals surface area contributed by atoms with E-state index in [9.17, 15) is 4.79 Å². The molecule has 26 heavy (non-hydrogen) atoms. The van der Waals surface area contributed by atoms with E-state index in [1.165, 1.54) is 4.90 Å². The average Bonchev–Trinajstić information content (AvgIpc) is 2.92. The Balaban J connectivity index is 2.43. The number of nitrogens with zero attached hydrogens (tertiary/aromatic N) is 2. The lowest BCUT2D eigenvalue weighted by molar-refractivity contribution is -0.856. The van der Waals surface area contributed by atoms with Crippen LogP contribution in [0.15, 0.2) is 24.3 Å². The Bertz CT molecular complexity index is 735. The summed E-state index contributed by atoms with van der Waals surface area (Å²) in [4.78, 5) is 14.2. The highest BCUT2D eigenvalue weighted by Gasteiger charge is 2.24. The summed E-state index contributed by atoms with van der Waals surface area (Å²) in [5.41, 5.74) is 3.46. The fourth-order valence-electron chi connectivity index (χ4n) is 2.93. The maximum absolute atomic E-state index is 12.9. The van der Waals surface area contributed by atoms with Gasteiger partial charge in [-0.05, 0) is 43.0 Å². The van der Waals surface area contributed by atoms with Gasteiger partial charge in [0.2, 0.25) is 0 Å². The summed E-state index contributed by atoms with van der Waals surface area (Å²) >= 11 is 6.02. The van der Waals surface area contributed by atoms with Crippen LogP contribution in [-0.2, 0) is 12.8 Å². The van der Waals surface area contributed by atoms with Gasteiger partial charge < -0.3 is 10.2 Å². The first-order valence-electron chi connectivity index (χ1n) is 9.27. The molecule has 1 heterocycles. The van der Waals surface area contributed by atoms with Gasteiger partial charge in [-0.2, -0.15) is 5.10 Å². The van der Waals surface area contributed by atoms with Crippen LogP contribution in [-0.4, -0.2) is 42.9 Å². The van der Waals surface area contributed by atoms with Crippen molar-refractivity contribution in [2.24, 2.45) is 5.92 Å². The molecule has 0 aliphatic rings. The lowest BCUT2D eigenvalue weighted by Crippen LogP contribution is -3.06. The Morgan fingerprint density at radius 2 is 1.92 bits per heavy atom. The molecular formula is C20H30ClN4O+. The quantitative estimate of drug-likeness (QED) is 0.740. The zero-order chi connectivity index (χ0) is 19.3. The molecule has 0 unspecified atom stereocenters. The van der Waals surface area contributed by atoms with Crippen molar-refractivity contribution in [1.29, 1.82) is 0 Å². The van der Waals surface area contributed by atoms with E-state index in [-0.39, 0.29) is 5.91 Å². The van der Waals surface area contributed by atoms with E-state index in [0.29, 0.717) is 17.5 Å². The predicted molar refractivity (Wildman–Crippen MR) is 107 cm³/mol. The zero-order valence-electron chi connectivity index (χ0n) is 16.4. The van der Waals surface area contributed by atoms with Crippen molar-refractivity contribution < 1.29 is 9.69 Å². The van der Waals surface area contributed by atoms with Crippen LogP contribution < -0.4 is 10.2 Å². The van der Waals surface area contributed by atoms with Gasteiger partial charge in [0.25, 0.3) is 5.91 Å². The number of nitrogens with one attached hydrogen (secondary N) is 2. The molecule has 6 heteroatoms. The third-order valence-corrected chi connectivity index (χ3v) is 4.45. The first-order valence-corrected chi connectivity index (χ1v) is 9.65. The van der Waals surface area contributed by atoms with E-state index in [0.717, 1.165) is 42.0 Å². The maximum Gasteiger partial charge on any atom is 0.255 e. The Morgan fingerprint density at radius 3 is 2.46 bits per heavy atom. The molecule has 2 N–H and O–H groups in total. The highest BCUT2D eigenvalue weighted by Crippen LogP contribution is 2.23. The molecule has 0 bridgehead atoms. The van der Waals surface area contributed by atoms with Crippen molar-refractivity contribution in [3.05, 3.63) is 46.2 Å². The van der Waals surface area contributed by atoms with Crippen LogP contribution in [0.3, 0.4) is 0 Å². The Labute approximate surface area is 161 Å². The molecule has 0 aliphatic heterocycles. The Hall–Kier alpha value is -1.85. The van der Waals surface area contributed by atoms with Gasteiger partial charge in [0.05, 0.1) is 49.8 Å². The van der Waals surface area contributed by atoms with Gasteiger partial charge in [-0.15, -0.1) is 0 Å². The number of carbonyl (C=O) groups is 1. The molecule has 0 spiro atoms. The van der Waals surface area contributed by atoms with Crippen molar-refractivity contribution in [1.82, 2.24) is 15.1 Å². The van der Waals surface area contributed by atoms with Crippen molar-refractivity contribution in [3.63, 3.8) is 0 Å². The highest BCUT2D eigenvalue weighted by atomic mass is 35.5. The van der Waals surface area contributed by atoms with E-state index in [4.69, 9.17) is 16.7 Å². The molecule has 1 aromatic carbocycles. The van der Waals surface area contributed by atoms with Crippen molar-refractivity contribution in [2.45, 2.75) is 33.6 Å². The van der Waals surface area contributed by atoms with Crippen LogP contribution >= 0.6 is 11.6 Å². The van der Waals surface area contributed by atoms with Gasteiger partial charge in [0, 0.05) is 5.02 Å². The second-order valence-corrected chi connectivity index (χ2v) is 7.76. The van der Waals surface area contributed by atoms with Gasteiger partial charge in [-0.1, -0.05) is 32.4 Å². The number of rotatable bonds is 8. The van der Waals surface area contributed by atoms with E-state index in [1.54, 1.807) is 0 Å². The lowest BCUT2D eigenvalue weighted by Gasteiger charge is -2.11. The molecular weight excluding hydrogens is 348 g/mol. The van der Waals surface area contributed by atoms with Crippen molar-refractivity contribution >= 4 is 17.5 Å². The minimum atomic E-state index is -0.0287. The third kappa shape index (κ3) is 5.08. The molecule has 2 aromatic rings. The monoisotopic (exact) mass is 377 g/mol. The minimum absolute atomic E-state index is 0.0287. The second-order valence-electron chi connectivity index (χ2n) is 7.32. The van der Waals surface area contributed by atoms with Gasteiger partial charge >= 0.3 is 0 Å². The van der Waals surface area contributed by atoms with E-state index in [2.05, 4.69) is 40.2 Å². The largest absolute Gasteiger partial charge is 0.346 e. The summed E-state index contributed by atoms with van der Waals surface area (Å²) < 4.78 is 1.89. The number of halogens is 1. The van der Waals surface area contributed by atoms with E-state index in [1.807, 2.05) is 28.9 Å².